The van der Waals surface area contributed by atoms with E-state index in [9.17, 15) is 18.0 Å². The van der Waals surface area contributed by atoms with E-state index in [0.29, 0.717) is 5.56 Å². The minimum atomic E-state index is -4.44. The smallest absolute Gasteiger partial charge is 0.384 e. The van der Waals surface area contributed by atoms with Crippen LogP contribution >= 0.6 is 11.3 Å². The quantitative estimate of drug-likeness (QED) is 0.792. The van der Waals surface area contributed by atoms with Crippen LogP contribution in [0.3, 0.4) is 0 Å². The summed E-state index contributed by atoms with van der Waals surface area (Å²) in [5, 5.41) is 11.8. The molecular formula is C10H8F3NO2S. The minimum Gasteiger partial charge on any atom is -0.384 e. The third-order valence-electron chi connectivity index (χ3n) is 1.62. The summed E-state index contributed by atoms with van der Waals surface area (Å²) in [5.74, 6) is 4.00. The largest absolute Gasteiger partial charge is 0.405 e. The minimum absolute atomic E-state index is 0.107. The van der Waals surface area contributed by atoms with Gasteiger partial charge in [0.2, 0.25) is 0 Å². The Balaban J connectivity index is 2.73. The SMILES string of the molecule is O=C(NCC(F)(F)F)c1sccc1C#CCO. The molecule has 0 radical (unpaired) electrons. The lowest BCUT2D eigenvalue weighted by Gasteiger charge is -2.07. The number of aliphatic hydroxyl groups excluding tert-OH is 1. The summed E-state index contributed by atoms with van der Waals surface area (Å²) in [7, 11) is 0. The van der Waals surface area contributed by atoms with Crippen molar-refractivity contribution in [2.45, 2.75) is 6.18 Å². The average Bonchev–Trinajstić information content (AvgIpc) is 2.70. The van der Waals surface area contributed by atoms with Crippen LogP contribution in [0.25, 0.3) is 0 Å². The molecule has 0 fully saturated rings. The first kappa shape index (κ1) is 13.5. The first-order chi connectivity index (χ1) is 7.94. The number of halogens is 3. The normalized spacial score (nSPS) is 10.6. The van der Waals surface area contributed by atoms with Gasteiger partial charge in [0.05, 0.1) is 0 Å². The molecule has 0 saturated carbocycles. The number of alkyl halides is 3. The number of nitrogens with one attached hydrogen (secondary N) is 1. The van der Waals surface area contributed by atoms with Gasteiger partial charge in [0.25, 0.3) is 5.91 Å². The van der Waals surface area contributed by atoms with Crippen molar-refractivity contribution in [1.82, 2.24) is 5.32 Å². The van der Waals surface area contributed by atoms with Crippen LogP contribution in [0.4, 0.5) is 13.2 Å². The van der Waals surface area contributed by atoms with Crippen molar-refractivity contribution in [2.75, 3.05) is 13.2 Å². The van der Waals surface area contributed by atoms with E-state index in [1.165, 1.54) is 6.07 Å². The van der Waals surface area contributed by atoms with Crippen LogP contribution in [0.1, 0.15) is 15.2 Å². The van der Waals surface area contributed by atoms with Crippen LogP contribution in [-0.2, 0) is 0 Å². The number of hydrogen-bond acceptors (Lipinski definition) is 3. The van der Waals surface area contributed by atoms with Crippen molar-refractivity contribution in [3.8, 4) is 11.8 Å². The van der Waals surface area contributed by atoms with E-state index in [-0.39, 0.29) is 11.5 Å². The van der Waals surface area contributed by atoms with Crippen molar-refractivity contribution in [2.24, 2.45) is 0 Å². The standard InChI is InChI=1S/C10H8F3NO2S/c11-10(12,13)6-14-9(16)8-7(2-1-4-15)3-5-17-8/h3,5,15H,4,6H2,(H,14,16). The second kappa shape index (κ2) is 5.70. The van der Waals surface area contributed by atoms with E-state index in [1.807, 2.05) is 0 Å². The zero-order valence-corrected chi connectivity index (χ0v) is 9.28. The fraction of sp³-hybridized carbons (Fsp3) is 0.300. The fourth-order valence-electron chi connectivity index (χ4n) is 0.979. The molecule has 1 aromatic heterocycles. The van der Waals surface area contributed by atoms with Crippen molar-refractivity contribution in [3.63, 3.8) is 0 Å². The zero-order valence-electron chi connectivity index (χ0n) is 8.47. The second-order valence-electron chi connectivity index (χ2n) is 2.92. The lowest BCUT2D eigenvalue weighted by Crippen LogP contribution is -2.33. The Bertz CT molecular complexity index is 456. The number of carbonyl (C=O) groups excluding carboxylic acids is 1. The Morgan fingerprint density at radius 1 is 1.53 bits per heavy atom. The van der Waals surface area contributed by atoms with Crippen LogP contribution in [0.15, 0.2) is 11.4 Å². The maximum Gasteiger partial charge on any atom is 0.405 e. The summed E-state index contributed by atoms with van der Waals surface area (Å²) in [4.78, 5) is 11.5. The summed E-state index contributed by atoms with van der Waals surface area (Å²) >= 11 is 0.995. The molecule has 0 aliphatic heterocycles. The molecular weight excluding hydrogens is 255 g/mol. The second-order valence-corrected chi connectivity index (χ2v) is 3.84. The van der Waals surface area contributed by atoms with Crippen molar-refractivity contribution < 1.29 is 23.1 Å². The van der Waals surface area contributed by atoms with Gasteiger partial charge in [0.15, 0.2) is 0 Å². The van der Waals surface area contributed by atoms with E-state index in [2.05, 4.69) is 11.8 Å². The lowest BCUT2D eigenvalue weighted by molar-refractivity contribution is -0.123. The van der Waals surface area contributed by atoms with E-state index in [1.54, 1.807) is 10.7 Å². The first-order valence-electron chi connectivity index (χ1n) is 4.46. The molecule has 0 aromatic carbocycles. The maximum atomic E-state index is 11.9. The van der Waals surface area contributed by atoms with Gasteiger partial charge in [-0.3, -0.25) is 4.79 Å². The number of amides is 1. The molecule has 0 unspecified atom stereocenters. The Morgan fingerprint density at radius 2 is 2.24 bits per heavy atom. The number of hydrogen-bond donors (Lipinski definition) is 2. The van der Waals surface area contributed by atoms with Gasteiger partial charge < -0.3 is 10.4 Å². The highest BCUT2D eigenvalue weighted by Gasteiger charge is 2.28. The van der Waals surface area contributed by atoms with Crippen LogP contribution in [-0.4, -0.2) is 30.3 Å². The predicted octanol–water partition coefficient (Wildman–Crippen LogP) is 1.38. The molecule has 1 rings (SSSR count). The molecule has 0 bridgehead atoms. The van der Waals surface area contributed by atoms with Crippen LogP contribution in [0.2, 0.25) is 0 Å². The van der Waals surface area contributed by atoms with Gasteiger partial charge in [0.1, 0.15) is 18.0 Å². The monoisotopic (exact) mass is 263 g/mol. The lowest BCUT2D eigenvalue weighted by atomic mass is 10.2. The Labute approximate surface area is 99.3 Å². The molecule has 7 heteroatoms. The highest BCUT2D eigenvalue weighted by atomic mass is 32.1. The van der Waals surface area contributed by atoms with Crippen LogP contribution < -0.4 is 5.32 Å². The molecule has 2 N–H and O–H groups in total. The number of thiophene rings is 1. The molecule has 0 atom stereocenters. The molecule has 1 aromatic rings. The van der Waals surface area contributed by atoms with Gasteiger partial charge in [-0.05, 0) is 11.4 Å². The van der Waals surface area contributed by atoms with Gasteiger partial charge >= 0.3 is 6.18 Å². The van der Waals surface area contributed by atoms with Gasteiger partial charge in [-0.2, -0.15) is 13.2 Å². The zero-order chi connectivity index (χ0) is 12.9. The number of aliphatic hydroxyl groups is 1. The van der Waals surface area contributed by atoms with Gasteiger partial charge in [-0.1, -0.05) is 11.8 Å². The Morgan fingerprint density at radius 3 is 2.82 bits per heavy atom. The third-order valence-corrected chi connectivity index (χ3v) is 2.54. The molecule has 1 heterocycles. The third kappa shape index (κ3) is 4.46. The number of carbonyl (C=O) groups is 1. The van der Waals surface area contributed by atoms with Crippen LogP contribution in [0, 0.1) is 11.8 Å². The predicted molar refractivity (Wildman–Crippen MR) is 56.7 cm³/mol. The molecule has 0 saturated heterocycles. The maximum absolute atomic E-state index is 11.9. The average molecular weight is 263 g/mol. The van der Waals surface area contributed by atoms with Gasteiger partial charge in [-0.15, -0.1) is 11.3 Å². The Hall–Kier alpha value is -1.52. The van der Waals surface area contributed by atoms with Crippen molar-refractivity contribution >= 4 is 17.2 Å². The molecule has 0 aliphatic rings. The number of rotatable bonds is 2. The molecule has 17 heavy (non-hydrogen) atoms. The highest BCUT2D eigenvalue weighted by molar-refractivity contribution is 7.12. The van der Waals surface area contributed by atoms with Crippen molar-refractivity contribution in [3.05, 3.63) is 21.9 Å². The first-order valence-corrected chi connectivity index (χ1v) is 5.34. The van der Waals surface area contributed by atoms with E-state index in [0.717, 1.165) is 11.3 Å². The van der Waals surface area contributed by atoms with E-state index < -0.39 is 18.6 Å². The summed E-state index contributed by atoms with van der Waals surface area (Å²) in [6.07, 6.45) is -4.44. The molecule has 0 aliphatic carbocycles. The fourth-order valence-corrected chi connectivity index (χ4v) is 1.74. The topological polar surface area (TPSA) is 49.3 Å². The summed E-state index contributed by atoms with van der Waals surface area (Å²) in [5.41, 5.74) is 0.309. The highest BCUT2D eigenvalue weighted by Crippen LogP contribution is 2.17. The van der Waals surface area contributed by atoms with Crippen LogP contribution in [0.5, 0.6) is 0 Å². The molecule has 92 valence electrons. The summed E-state index contributed by atoms with van der Waals surface area (Å²) in [6.45, 7) is -1.75. The molecule has 1 amide bonds. The van der Waals surface area contributed by atoms with E-state index >= 15 is 0 Å². The van der Waals surface area contributed by atoms with Gasteiger partial charge in [0, 0.05) is 5.56 Å². The summed E-state index contributed by atoms with van der Waals surface area (Å²) < 4.78 is 35.7. The van der Waals surface area contributed by atoms with E-state index in [4.69, 9.17) is 5.11 Å². The van der Waals surface area contributed by atoms with Gasteiger partial charge in [-0.25, -0.2) is 0 Å². The summed E-state index contributed by atoms with van der Waals surface area (Å²) in [6, 6.07) is 1.51. The molecule has 0 spiro atoms. The Kier molecular flexibility index (Phi) is 4.54. The van der Waals surface area contributed by atoms with Crippen molar-refractivity contribution in [1.29, 1.82) is 0 Å². The molecule has 3 nitrogen and oxygen atoms in total.